The highest BCUT2D eigenvalue weighted by Gasteiger charge is 2.17. The Hall–Kier alpha value is -3.17. The van der Waals surface area contributed by atoms with E-state index in [0.717, 1.165) is 25.9 Å². The van der Waals surface area contributed by atoms with Crippen LogP contribution in [0.1, 0.15) is 31.2 Å². The van der Waals surface area contributed by atoms with E-state index in [1.165, 1.54) is 17.3 Å². The number of aromatic nitrogens is 2. The first-order chi connectivity index (χ1) is 17.6. The maximum Gasteiger partial charge on any atom is 0.262 e. The van der Waals surface area contributed by atoms with E-state index in [2.05, 4.69) is 15.6 Å². The maximum absolute atomic E-state index is 13.2. The van der Waals surface area contributed by atoms with E-state index >= 15 is 0 Å². The zero-order valence-electron chi connectivity index (χ0n) is 20.3. The largest absolute Gasteiger partial charge is 0.376 e. The lowest BCUT2D eigenvalue weighted by Gasteiger charge is -2.14. The van der Waals surface area contributed by atoms with Crippen LogP contribution in [0.5, 0.6) is 0 Å². The molecule has 3 aromatic rings. The molecular weight excluding hydrogens is 476 g/mol. The van der Waals surface area contributed by atoms with Gasteiger partial charge in [0.1, 0.15) is 0 Å². The van der Waals surface area contributed by atoms with E-state index in [1.807, 2.05) is 36.4 Å². The first-order valence-corrected chi connectivity index (χ1v) is 13.4. The topological polar surface area (TPSA) is 102 Å². The van der Waals surface area contributed by atoms with Crippen LogP contribution >= 0.6 is 11.8 Å². The van der Waals surface area contributed by atoms with Crippen LogP contribution in [0.3, 0.4) is 0 Å². The van der Waals surface area contributed by atoms with Gasteiger partial charge in [-0.05, 0) is 43.4 Å². The SMILES string of the molecule is O=C(CCCn1c(SCC(=O)NCC2CCCO2)nc2ccccc2c1=O)NCCc1ccccc1. The molecule has 1 atom stereocenters. The van der Waals surface area contributed by atoms with Gasteiger partial charge >= 0.3 is 0 Å². The zero-order valence-corrected chi connectivity index (χ0v) is 21.1. The van der Waals surface area contributed by atoms with Gasteiger partial charge in [0.25, 0.3) is 5.56 Å². The molecule has 1 aliphatic heterocycles. The van der Waals surface area contributed by atoms with Crippen molar-refractivity contribution in [1.29, 1.82) is 0 Å². The quantitative estimate of drug-likeness (QED) is 0.288. The molecule has 1 aromatic heterocycles. The molecule has 0 radical (unpaired) electrons. The molecule has 0 spiro atoms. The van der Waals surface area contributed by atoms with Crippen LogP contribution in [-0.4, -0.2) is 52.9 Å². The van der Waals surface area contributed by atoms with Crippen molar-refractivity contribution in [3.05, 3.63) is 70.5 Å². The summed E-state index contributed by atoms with van der Waals surface area (Å²) in [7, 11) is 0. The van der Waals surface area contributed by atoms with E-state index in [-0.39, 0.29) is 29.2 Å². The van der Waals surface area contributed by atoms with Gasteiger partial charge in [0, 0.05) is 32.7 Å². The van der Waals surface area contributed by atoms with Crippen LogP contribution in [0.4, 0.5) is 0 Å². The normalized spacial score (nSPS) is 15.2. The summed E-state index contributed by atoms with van der Waals surface area (Å²) in [6.07, 6.45) is 3.63. The second kappa shape index (κ2) is 13.2. The second-order valence-electron chi connectivity index (χ2n) is 8.79. The fourth-order valence-corrected chi connectivity index (χ4v) is 5.00. The first kappa shape index (κ1) is 25.9. The van der Waals surface area contributed by atoms with E-state index in [1.54, 1.807) is 22.8 Å². The van der Waals surface area contributed by atoms with Gasteiger partial charge in [-0.3, -0.25) is 19.0 Å². The monoisotopic (exact) mass is 508 g/mol. The number of ether oxygens (including phenoxy) is 1. The summed E-state index contributed by atoms with van der Waals surface area (Å²) < 4.78 is 7.13. The summed E-state index contributed by atoms with van der Waals surface area (Å²) in [6, 6.07) is 17.2. The number of hydrogen-bond donors (Lipinski definition) is 2. The summed E-state index contributed by atoms with van der Waals surface area (Å²) in [5, 5.41) is 6.85. The van der Waals surface area contributed by atoms with Crippen LogP contribution in [0.2, 0.25) is 0 Å². The van der Waals surface area contributed by atoms with Crippen molar-refractivity contribution in [3.63, 3.8) is 0 Å². The molecule has 0 aliphatic carbocycles. The number of carbonyl (C=O) groups excluding carboxylic acids is 2. The Kier molecular flexibility index (Phi) is 9.52. The van der Waals surface area contributed by atoms with Gasteiger partial charge in [-0.2, -0.15) is 0 Å². The fraction of sp³-hybridized carbons (Fsp3) is 0.407. The van der Waals surface area contributed by atoms with Crippen LogP contribution in [-0.2, 0) is 27.3 Å². The predicted octanol–water partition coefficient (Wildman–Crippen LogP) is 2.92. The van der Waals surface area contributed by atoms with Crippen molar-refractivity contribution in [2.75, 3.05) is 25.4 Å². The number of carbonyl (C=O) groups is 2. The van der Waals surface area contributed by atoms with Gasteiger partial charge in [-0.25, -0.2) is 4.98 Å². The molecule has 1 fully saturated rings. The molecule has 36 heavy (non-hydrogen) atoms. The molecule has 1 unspecified atom stereocenters. The second-order valence-corrected chi connectivity index (χ2v) is 9.73. The van der Waals surface area contributed by atoms with E-state index < -0.39 is 0 Å². The summed E-state index contributed by atoms with van der Waals surface area (Å²) in [6.45, 7) is 2.16. The Labute approximate surface area is 214 Å². The van der Waals surface area contributed by atoms with Crippen molar-refractivity contribution in [2.45, 2.75) is 49.9 Å². The van der Waals surface area contributed by atoms with Gasteiger partial charge in [0.15, 0.2) is 5.16 Å². The van der Waals surface area contributed by atoms with Gasteiger partial charge in [-0.1, -0.05) is 54.2 Å². The smallest absolute Gasteiger partial charge is 0.262 e. The van der Waals surface area contributed by atoms with Crippen LogP contribution < -0.4 is 16.2 Å². The Morgan fingerprint density at radius 2 is 1.86 bits per heavy atom. The minimum absolute atomic E-state index is 0.0459. The summed E-state index contributed by atoms with van der Waals surface area (Å²) in [5.41, 5.74) is 1.61. The molecule has 2 heterocycles. The molecule has 1 aliphatic rings. The molecule has 0 saturated carbocycles. The molecule has 9 heteroatoms. The standard InChI is InChI=1S/C27H32N4O4S/c32-24(28-15-14-20-8-2-1-3-9-20)13-6-16-31-26(34)22-11-4-5-12-23(22)30-27(31)36-19-25(33)29-18-21-10-7-17-35-21/h1-5,8-9,11-12,21H,6-7,10,13-19H2,(H,28,32)(H,29,33). The molecular formula is C27H32N4O4S. The highest BCUT2D eigenvalue weighted by molar-refractivity contribution is 7.99. The summed E-state index contributed by atoms with van der Waals surface area (Å²) >= 11 is 1.24. The summed E-state index contributed by atoms with van der Waals surface area (Å²) in [4.78, 5) is 42.5. The average molecular weight is 509 g/mol. The lowest BCUT2D eigenvalue weighted by atomic mass is 10.1. The van der Waals surface area contributed by atoms with Crippen molar-refractivity contribution in [3.8, 4) is 0 Å². The van der Waals surface area contributed by atoms with Gasteiger partial charge in [0.2, 0.25) is 11.8 Å². The zero-order chi connectivity index (χ0) is 25.2. The molecule has 2 N–H and O–H groups in total. The van der Waals surface area contributed by atoms with Crippen LogP contribution in [0.15, 0.2) is 64.5 Å². The average Bonchev–Trinajstić information content (AvgIpc) is 3.42. The van der Waals surface area contributed by atoms with Crippen molar-refractivity contribution in [2.24, 2.45) is 0 Å². The third-order valence-corrected chi connectivity index (χ3v) is 7.05. The van der Waals surface area contributed by atoms with Crippen LogP contribution in [0.25, 0.3) is 10.9 Å². The Balaban J connectivity index is 1.33. The number of para-hydroxylation sites is 1. The number of benzene rings is 2. The highest BCUT2D eigenvalue weighted by Crippen LogP contribution is 2.18. The van der Waals surface area contributed by atoms with Crippen LogP contribution in [0, 0.1) is 0 Å². The number of rotatable bonds is 12. The minimum atomic E-state index is -0.160. The molecule has 4 rings (SSSR count). The van der Waals surface area contributed by atoms with Gasteiger partial charge < -0.3 is 15.4 Å². The molecule has 2 amide bonds. The Bertz CT molecular complexity index is 1230. The molecule has 8 nitrogen and oxygen atoms in total. The lowest BCUT2D eigenvalue weighted by molar-refractivity contribution is -0.121. The number of fused-ring (bicyclic) bond motifs is 1. The Morgan fingerprint density at radius 1 is 1.06 bits per heavy atom. The Morgan fingerprint density at radius 3 is 2.67 bits per heavy atom. The maximum atomic E-state index is 13.2. The highest BCUT2D eigenvalue weighted by atomic mass is 32.2. The molecule has 1 saturated heterocycles. The van der Waals surface area contributed by atoms with E-state index in [0.29, 0.717) is 48.5 Å². The van der Waals surface area contributed by atoms with Crippen molar-refractivity contribution in [1.82, 2.24) is 20.2 Å². The predicted molar refractivity (Wildman–Crippen MR) is 141 cm³/mol. The van der Waals surface area contributed by atoms with Crippen molar-refractivity contribution < 1.29 is 14.3 Å². The molecule has 2 aromatic carbocycles. The number of nitrogens with one attached hydrogen (secondary N) is 2. The number of hydrogen-bond acceptors (Lipinski definition) is 6. The lowest BCUT2D eigenvalue weighted by Crippen LogP contribution is -2.33. The first-order valence-electron chi connectivity index (χ1n) is 12.4. The number of thioether (sulfide) groups is 1. The van der Waals surface area contributed by atoms with Crippen molar-refractivity contribution >= 4 is 34.5 Å². The number of amides is 2. The number of nitrogens with zero attached hydrogens (tertiary/aromatic N) is 2. The minimum Gasteiger partial charge on any atom is -0.376 e. The summed E-state index contributed by atoms with van der Waals surface area (Å²) in [5.74, 6) is -0.0185. The third kappa shape index (κ3) is 7.41. The fourth-order valence-electron chi connectivity index (χ4n) is 4.15. The third-order valence-electron chi connectivity index (χ3n) is 6.07. The van der Waals surface area contributed by atoms with Gasteiger partial charge in [0.05, 0.1) is 22.8 Å². The molecule has 0 bridgehead atoms. The van der Waals surface area contributed by atoms with E-state index in [9.17, 15) is 14.4 Å². The van der Waals surface area contributed by atoms with Gasteiger partial charge in [-0.15, -0.1) is 0 Å². The molecule has 190 valence electrons. The van der Waals surface area contributed by atoms with E-state index in [4.69, 9.17) is 4.74 Å².